The van der Waals surface area contributed by atoms with Gasteiger partial charge in [0.15, 0.2) is 5.96 Å². The molecule has 0 spiro atoms. The minimum absolute atomic E-state index is 0. The molecule has 132 valence electrons. The number of likely N-dealkylation sites (N-methyl/N-ethyl adjacent to an activating group) is 1. The molecule has 0 saturated carbocycles. The summed E-state index contributed by atoms with van der Waals surface area (Å²) in [5.41, 5.74) is 0. The first-order valence-corrected chi connectivity index (χ1v) is 8.18. The fraction of sp³-hybridized carbons (Fsp3) is 0.933. The second kappa shape index (κ2) is 13.3. The zero-order valence-electron chi connectivity index (χ0n) is 14.6. The first kappa shape index (κ1) is 21.9. The average molecular weight is 427 g/mol. The first-order valence-electron chi connectivity index (χ1n) is 8.18. The maximum atomic E-state index is 5.05. The van der Waals surface area contributed by atoms with Crippen molar-refractivity contribution >= 4 is 29.9 Å². The lowest BCUT2D eigenvalue weighted by Crippen LogP contribution is -2.50. The molecule has 0 amide bonds. The van der Waals surface area contributed by atoms with Crippen molar-refractivity contribution in [3.8, 4) is 0 Å². The lowest BCUT2D eigenvalue weighted by Gasteiger charge is -2.37. The Bertz CT molecular complexity index is 296. The Labute approximate surface area is 153 Å². The van der Waals surface area contributed by atoms with Gasteiger partial charge in [-0.25, -0.2) is 0 Å². The van der Waals surface area contributed by atoms with E-state index in [1.165, 1.54) is 13.1 Å². The molecule has 1 aliphatic heterocycles. The summed E-state index contributed by atoms with van der Waals surface area (Å²) in [6.45, 7) is 15.6. The summed E-state index contributed by atoms with van der Waals surface area (Å²) in [7, 11) is 1.71. The first-order chi connectivity index (χ1) is 10.2. The Morgan fingerprint density at radius 3 is 2.41 bits per heavy atom. The van der Waals surface area contributed by atoms with Crippen LogP contribution in [0.1, 0.15) is 20.8 Å². The van der Waals surface area contributed by atoms with Gasteiger partial charge in [-0.1, -0.05) is 6.92 Å². The molecule has 0 aromatic heterocycles. The molecule has 0 bridgehead atoms. The van der Waals surface area contributed by atoms with E-state index in [1.54, 1.807) is 7.11 Å². The van der Waals surface area contributed by atoms with Crippen LogP contribution < -0.4 is 10.6 Å². The maximum Gasteiger partial charge on any atom is 0.191 e. The van der Waals surface area contributed by atoms with Crippen molar-refractivity contribution in [1.82, 2.24) is 20.4 Å². The van der Waals surface area contributed by atoms with Gasteiger partial charge in [-0.05, 0) is 20.4 Å². The Morgan fingerprint density at radius 1 is 1.18 bits per heavy atom. The van der Waals surface area contributed by atoms with E-state index in [4.69, 9.17) is 4.74 Å². The number of methoxy groups -OCH3 is 1. The van der Waals surface area contributed by atoms with Crippen molar-refractivity contribution in [3.05, 3.63) is 0 Å². The van der Waals surface area contributed by atoms with Crippen LogP contribution in [0.5, 0.6) is 0 Å². The number of nitrogens with zero attached hydrogens (tertiary/aromatic N) is 3. The topological polar surface area (TPSA) is 52.1 Å². The molecule has 1 heterocycles. The minimum Gasteiger partial charge on any atom is -0.383 e. The number of ether oxygens (including phenoxy) is 1. The quantitative estimate of drug-likeness (QED) is 0.260. The van der Waals surface area contributed by atoms with E-state index in [1.807, 2.05) is 0 Å². The van der Waals surface area contributed by atoms with Gasteiger partial charge in [0.25, 0.3) is 0 Å². The summed E-state index contributed by atoms with van der Waals surface area (Å²) >= 11 is 0. The van der Waals surface area contributed by atoms with Crippen LogP contribution in [0, 0.1) is 0 Å². The number of hydrogen-bond acceptors (Lipinski definition) is 4. The molecule has 6 nitrogen and oxygen atoms in total. The summed E-state index contributed by atoms with van der Waals surface area (Å²) in [4.78, 5) is 9.72. The van der Waals surface area contributed by atoms with E-state index in [9.17, 15) is 0 Å². The van der Waals surface area contributed by atoms with Gasteiger partial charge in [0.2, 0.25) is 0 Å². The van der Waals surface area contributed by atoms with Crippen molar-refractivity contribution in [2.75, 3.05) is 66.1 Å². The van der Waals surface area contributed by atoms with Gasteiger partial charge in [0.05, 0.1) is 13.2 Å². The molecule has 2 N–H and O–H groups in total. The lowest BCUT2D eigenvalue weighted by molar-refractivity contribution is 0.109. The van der Waals surface area contributed by atoms with Gasteiger partial charge in [-0.15, -0.1) is 24.0 Å². The number of halogens is 1. The molecule has 0 aromatic carbocycles. The fourth-order valence-electron chi connectivity index (χ4n) is 2.47. The van der Waals surface area contributed by atoms with Crippen molar-refractivity contribution in [3.63, 3.8) is 0 Å². The zero-order chi connectivity index (χ0) is 15.5. The van der Waals surface area contributed by atoms with Crippen LogP contribution in [-0.4, -0.2) is 87.9 Å². The van der Waals surface area contributed by atoms with Crippen LogP contribution in [0.25, 0.3) is 0 Å². The van der Waals surface area contributed by atoms with Gasteiger partial charge >= 0.3 is 0 Å². The van der Waals surface area contributed by atoms with Gasteiger partial charge in [-0.2, -0.15) is 0 Å². The zero-order valence-corrected chi connectivity index (χ0v) is 16.9. The highest BCUT2D eigenvalue weighted by Crippen LogP contribution is 2.06. The van der Waals surface area contributed by atoms with E-state index >= 15 is 0 Å². The molecule has 1 saturated heterocycles. The van der Waals surface area contributed by atoms with Gasteiger partial charge in [-0.3, -0.25) is 9.89 Å². The molecule has 22 heavy (non-hydrogen) atoms. The Morgan fingerprint density at radius 2 is 1.86 bits per heavy atom. The van der Waals surface area contributed by atoms with E-state index in [-0.39, 0.29) is 24.0 Å². The second-order valence-electron chi connectivity index (χ2n) is 5.46. The standard InChI is InChI=1S/C15H33N5O.HI/c1-5-16-15(17-7-12-21-4)18-13-14(3)20-10-8-19(6-2)9-11-20;/h14H,5-13H2,1-4H3,(H2,16,17,18);1H. The molecule has 1 rings (SSSR count). The normalized spacial score (nSPS) is 18.6. The number of rotatable bonds is 8. The van der Waals surface area contributed by atoms with Crippen LogP contribution in [-0.2, 0) is 4.74 Å². The van der Waals surface area contributed by atoms with Crippen LogP contribution in [0.3, 0.4) is 0 Å². The molecular formula is C15H34IN5O. The fourth-order valence-corrected chi connectivity index (χ4v) is 2.47. The highest BCUT2D eigenvalue weighted by Gasteiger charge is 2.19. The Hall–Kier alpha value is -0.120. The monoisotopic (exact) mass is 427 g/mol. The third-order valence-corrected chi connectivity index (χ3v) is 3.93. The van der Waals surface area contributed by atoms with Crippen molar-refractivity contribution in [1.29, 1.82) is 0 Å². The minimum atomic E-state index is 0. The largest absolute Gasteiger partial charge is 0.383 e. The maximum absolute atomic E-state index is 5.05. The molecule has 1 fully saturated rings. The number of piperazine rings is 1. The molecule has 0 aromatic rings. The highest BCUT2D eigenvalue weighted by atomic mass is 127. The number of nitrogens with one attached hydrogen (secondary N) is 2. The SMILES string of the molecule is CCNC(=NCC(C)N1CCN(CC)CC1)NCCOC.I. The summed E-state index contributed by atoms with van der Waals surface area (Å²) in [6.07, 6.45) is 0. The van der Waals surface area contributed by atoms with Crippen LogP contribution >= 0.6 is 24.0 Å². The molecule has 1 unspecified atom stereocenters. The predicted octanol–water partition coefficient (Wildman–Crippen LogP) is 0.832. The smallest absolute Gasteiger partial charge is 0.191 e. The molecule has 1 atom stereocenters. The lowest BCUT2D eigenvalue weighted by atomic mass is 10.2. The summed E-state index contributed by atoms with van der Waals surface area (Å²) in [6, 6.07) is 0.488. The van der Waals surface area contributed by atoms with Gasteiger partial charge < -0.3 is 20.3 Å². The summed E-state index contributed by atoms with van der Waals surface area (Å²) in [5, 5.41) is 6.56. The molecule has 0 radical (unpaired) electrons. The van der Waals surface area contributed by atoms with E-state index in [0.29, 0.717) is 12.6 Å². The second-order valence-corrected chi connectivity index (χ2v) is 5.46. The summed E-state index contributed by atoms with van der Waals surface area (Å²) < 4.78 is 5.05. The van der Waals surface area contributed by atoms with Crippen LogP contribution in [0.15, 0.2) is 4.99 Å². The number of guanidine groups is 1. The Balaban J connectivity index is 0.00000441. The third kappa shape index (κ3) is 8.50. The molecule has 0 aliphatic carbocycles. The molecule has 7 heteroatoms. The van der Waals surface area contributed by atoms with Gasteiger partial charge in [0.1, 0.15) is 0 Å². The average Bonchev–Trinajstić information content (AvgIpc) is 2.52. The van der Waals surface area contributed by atoms with Crippen LogP contribution in [0.4, 0.5) is 0 Å². The van der Waals surface area contributed by atoms with Crippen molar-refractivity contribution < 1.29 is 4.74 Å². The summed E-state index contributed by atoms with van der Waals surface area (Å²) in [5.74, 6) is 0.883. The van der Waals surface area contributed by atoms with E-state index in [2.05, 4.69) is 46.2 Å². The number of aliphatic imine (C=N–C) groups is 1. The van der Waals surface area contributed by atoms with E-state index < -0.39 is 0 Å². The Kier molecular flexibility index (Phi) is 13.3. The van der Waals surface area contributed by atoms with E-state index in [0.717, 1.165) is 45.2 Å². The molecular weight excluding hydrogens is 393 g/mol. The van der Waals surface area contributed by atoms with Crippen molar-refractivity contribution in [2.24, 2.45) is 4.99 Å². The number of hydrogen-bond donors (Lipinski definition) is 2. The van der Waals surface area contributed by atoms with Crippen molar-refractivity contribution in [2.45, 2.75) is 26.8 Å². The van der Waals surface area contributed by atoms with Gasteiger partial charge in [0, 0.05) is 52.4 Å². The van der Waals surface area contributed by atoms with Crippen LogP contribution in [0.2, 0.25) is 0 Å². The molecule has 1 aliphatic rings. The predicted molar refractivity (Wildman–Crippen MR) is 104 cm³/mol. The third-order valence-electron chi connectivity index (χ3n) is 3.93. The highest BCUT2D eigenvalue weighted by molar-refractivity contribution is 14.0.